The minimum atomic E-state index is -0.489. The summed E-state index contributed by atoms with van der Waals surface area (Å²) in [5.74, 6) is 0.550. The van der Waals surface area contributed by atoms with Gasteiger partial charge in [-0.15, -0.1) is 0 Å². The zero-order valence-corrected chi connectivity index (χ0v) is 9.42. The molecule has 0 saturated carbocycles. The first-order valence-corrected chi connectivity index (χ1v) is 5.43. The first-order valence-electron chi connectivity index (χ1n) is 4.67. The average molecular weight is 248 g/mol. The molecule has 2 atom stereocenters. The maximum absolute atomic E-state index is 9.54. The van der Waals surface area contributed by atoms with E-state index in [-0.39, 0.29) is 6.10 Å². The number of rotatable bonds is 2. The second kappa shape index (κ2) is 4.58. The molecule has 0 aliphatic carbocycles. The van der Waals surface area contributed by atoms with E-state index in [0.29, 0.717) is 28.9 Å². The number of β-amino-alcohol motifs (C(OH)–C–C–N with tert-alkyl or cyclic N) is 1. The van der Waals surface area contributed by atoms with Crippen molar-refractivity contribution in [3.05, 3.63) is 28.2 Å². The Morgan fingerprint density at radius 3 is 2.73 bits per heavy atom. The van der Waals surface area contributed by atoms with Crippen LogP contribution < -0.4 is 10.1 Å². The molecule has 1 aliphatic heterocycles. The molecule has 1 heterocycles. The minimum Gasteiger partial charge on any atom is -0.485 e. The van der Waals surface area contributed by atoms with Gasteiger partial charge in [-0.3, -0.25) is 0 Å². The molecule has 1 fully saturated rings. The van der Waals surface area contributed by atoms with Crippen molar-refractivity contribution < 1.29 is 9.84 Å². The molecule has 2 unspecified atom stereocenters. The molecule has 1 aromatic carbocycles. The van der Waals surface area contributed by atoms with E-state index in [0.717, 1.165) is 0 Å². The summed E-state index contributed by atoms with van der Waals surface area (Å²) in [6.07, 6.45) is -0.736. The number of aliphatic hydroxyl groups is 1. The highest BCUT2D eigenvalue weighted by Crippen LogP contribution is 2.28. The van der Waals surface area contributed by atoms with E-state index in [9.17, 15) is 5.11 Å². The van der Waals surface area contributed by atoms with Crippen LogP contribution in [0.2, 0.25) is 10.0 Å². The van der Waals surface area contributed by atoms with E-state index in [4.69, 9.17) is 27.9 Å². The lowest BCUT2D eigenvalue weighted by molar-refractivity contribution is 0.0738. The molecule has 2 rings (SSSR count). The Balaban J connectivity index is 2.10. The number of nitrogens with one attached hydrogen (secondary N) is 1. The molecule has 15 heavy (non-hydrogen) atoms. The van der Waals surface area contributed by atoms with Gasteiger partial charge in [0.25, 0.3) is 0 Å². The number of halogens is 2. The van der Waals surface area contributed by atoms with Crippen LogP contribution in [0, 0.1) is 0 Å². The largest absolute Gasteiger partial charge is 0.485 e. The average Bonchev–Trinajstić information content (AvgIpc) is 2.57. The summed E-state index contributed by atoms with van der Waals surface area (Å²) in [6, 6.07) is 5.03. The second-order valence-corrected chi connectivity index (χ2v) is 4.30. The van der Waals surface area contributed by atoms with Gasteiger partial charge < -0.3 is 15.2 Å². The molecule has 0 radical (unpaired) electrons. The van der Waals surface area contributed by atoms with Crippen LogP contribution in [-0.4, -0.2) is 30.4 Å². The molecule has 82 valence electrons. The maximum atomic E-state index is 9.54. The zero-order chi connectivity index (χ0) is 10.8. The lowest BCUT2D eigenvalue weighted by Crippen LogP contribution is -2.29. The molecule has 1 saturated heterocycles. The lowest BCUT2D eigenvalue weighted by atomic mass is 10.2. The van der Waals surface area contributed by atoms with Gasteiger partial charge in [0.1, 0.15) is 18.0 Å². The van der Waals surface area contributed by atoms with Crippen LogP contribution in [0.1, 0.15) is 0 Å². The fourth-order valence-corrected chi connectivity index (χ4v) is 1.95. The SMILES string of the molecule is OC1CNCC1Oc1ccc(Cl)cc1Cl. The number of aliphatic hydroxyl groups excluding tert-OH is 1. The molecule has 1 aromatic rings. The number of hydrogen-bond donors (Lipinski definition) is 2. The predicted molar refractivity (Wildman–Crippen MR) is 59.8 cm³/mol. The van der Waals surface area contributed by atoms with Crippen molar-refractivity contribution in [1.29, 1.82) is 0 Å². The third-order valence-electron chi connectivity index (χ3n) is 2.30. The molecule has 3 nitrogen and oxygen atoms in total. The van der Waals surface area contributed by atoms with Crippen LogP contribution in [0.4, 0.5) is 0 Å². The lowest BCUT2D eigenvalue weighted by Gasteiger charge is -2.17. The van der Waals surface area contributed by atoms with Gasteiger partial charge in [0.05, 0.1) is 5.02 Å². The minimum absolute atomic E-state index is 0.247. The Bertz CT molecular complexity index is 359. The van der Waals surface area contributed by atoms with Gasteiger partial charge in [0.15, 0.2) is 0 Å². The Labute approximate surface area is 97.9 Å². The summed E-state index contributed by atoms with van der Waals surface area (Å²) in [5, 5.41) is 13.6. The van der Waals surface area contributed by atoms with E-state index in [1.165, 1.54) is 0 Å². The summed E-state index contributed by atoms with van der Waals surface area (Å²) >= 11 is 11.7. The van der Waals surface area contributed by atoms with Crippen molar-refractivity contribution in [1.82, 2.24) is 5.32 Å². The molecule has 0 amide bonds. The standard InChI is InChI=1S/C10H11Cl2NO2/c11-6-1-2-9(7(12)3-6)15-10-5-13-4-8(10)14/h1-3,8,10,13-14H,4-5H2. The summed E-state index contributed by atoms with van der Waals surface area (Å²) < 4.78 is 5.57. The van der Waals surface area contributed by atoms with E-state index >= 15 is 0 Å². The topological polar surface area (TPSA) is 41.5 Å². The second-order valence-electron chi connectivity index (χ2n) is 3.46. The van der Waals surface area contributed by atoms with Crippen LogP contribution in [-0.2, 0) is 0 Å². The molecule has 1 aliphatic rings. The van der Waals surface area contributed by atoms with Gasteiger partial charge in [0, 0.05) is 18.1 Å². The van der Waals surface area contributed by atoms with Crippen molar-refractivity contribution in [2.75, 3.05) is 13.1 Å². The summed E-state index contributed by atoms with van der Waals surface area (Å²) in [5.41, 5.74) is 0. The molecule has 5 heteroatoms. The van der Waals surface area contributed by atoms with E-state index in [1.54, 1.807) is 18.2 Å². The molecule has 0 bridgehead atoms. The summed E-state index contributed by atoms with van der Waals surface area (Å²) in [7, 11) is 0. The zero-order valence-electron chi connectivity index (χ0n) is 7.91. The number of ether oxygens (including phenoxy) is 1. The first-order chi connectivity index (χ1) is 7.16. The highest BCUT2D eigenvalue weighted by atomic mass is 35.5. The number of hydrogen-bond acceptors (Lipinski definition) is 3. The van der Waals surface area contributed by atoms with Crippen LogP contribution in [0.15, 0.2) is 18.2 Å². The van der Waals surface area contributed by atoms with Gasteiger partial charge in [-0.1, -0.05) is 23.2 Å². The normalized spacial score (nSPS) is 25.5. The van der Waals surface area contributed by atoms with Crippen LogP contribution in [0.5, 0.6) is 5.75 Å². The molecular formula is C10H11Cl2NO2. The van der Waals surface area contributed by atoms with Crippen molar-refractivity contribution in [3.63, 3.8) is 0 Å². The smallest absolute Gasteiger partial charge is 0.138 e. The third-order valence-corrected chi connectivity index (χ3v) is 2.83. The van der Waals surface area contributed by atoms with Crippen LogP contribution in [0.25, 0.3) is 0 Å². The van der Waals surface area contributed by atoms with Gasteiger partial charge in [-0.25, -0.2) is 0 Å². The highest BCUT2D eigenvalue weighted by molar-refractivity contribution is 6.35. The van der Waals surface area contributed by atoms with E-state index in [1.807, 2.05) is 0 Å². The van der Waals surface area contributed by atoms with Crippen molar-refractivity contribution >= 4 is 23.2 Å². The number of benzene rings is 1. The fraction of sp³-hybridized carbons (Fsp3) is 0.400. The van der Waals surface area contributed by atoms with E-state index < -0.39 is 6.10 Å². The van der Waals surface area contributed by atoms with Crippen molar-refractivity contribution in [2.45, 2.75) is 12.2 Å². The Kier molecular flexibility index (Phi) is 3.36. The van der Waals surface area contributed by atoms with Crippen molar-refractivity contribution in [2.24, 2.45) is 0 Å². The molecule has 2 N–H and O–H groups in total. The molecular weight excluding hydrogens is 237 g/mol. The third kappa shape index (κ3) is 2.55. The molecule has 0 spiro atoms. The van der Waals surface area contributed by atoms with Gasteiger partial charge in [-0.2, -0.15) is 0 Å². The molecule has 0 aromatic heterocycles. The highest BCUT2D eigenvalue weighted by Gasteiger charge is 2.27. The maximum Gasteiger partial charge on any atom is 0.138 e. The van der Waals surface area contributed by atoms with Crippen LogP contribution >= 0.6 is 23.2 Å². The summed E-state index contributed by atoms with van der Waals surface area (Å²) in [4.78, 5) is 0. The monoisotopic (exact) mass is 247 g/mol. The van der Waals surface area contributed by atoms with Gasteiger partial charge in [0.2, 0.25) is 0 Å². The van der Waals surface area contributed by atoms with E-state index in [2.05, 4.69) is 5.32 Å². The Morgan fingerprint density at radius 2 is 2.13 bits per heavy atom. The van der Waals surface area contributed by atoms with Crippen LogP contribution in [0.3, 0.4) is 0 Å². The Morgan fingerprint density at radius 1 is 1.33 bits per heavy atom. The summed E-state index contributed by atoms with van der Waals surface area (Å²) in [6.45, 7) is 1.18. The van der Waals surface area contributed by atoms with Crippen molar-refractivity contribution in [3.8, 4) is 5.75 Å². The predicted octanol–water partition coefficient (Wildman–Crippen LogP) is 1.70. The van der Waals surface area contributed by atoms with Gasteiger partial charge >= 0.3 is 0 Å². The first kappa shape index (κ1) is 11.0. The fourth-order valence-electron chi connectivity index (χ4n) is 1.50. The Hall–Kier alpha value is -0.480. The quantitative estimate of drug-likeness (QED) is 0.837. The van der Waals surface area contributed by atoms with Gasteiger partial charge in [-0.05, 0) is 18.2 Å².